The van der Waals surface area contributed by atoms with Crippen LogP contribution < -0.4 is 0 Å². The van der Waals surface area contributed by atoms with Crippen molar-refractivity contribution in [2.45, 2.75) is 13.3 Å². The second kappa shape index (κ2) is 5.91. The topological polar surface area (TPSA) is 55.5 Å². The van der Waals surface area contributed by atoms with E-state index in [2.05, 4.69) is 24.0 Å². The highest BCUT2D eigenvalue weighted by Gasteiger charge is 2.02. The van der Waals surface area contributed by atoms with Gasteiger partial charge >= 0.3 is 0 Å². The lowest BCUT2D eigenvalue weighted by atomic mass is 10.1. The number of nitro benzene ring substituents is 1. The van der Waals surface area contributed by atoms with E-state index in [9.17, 15) is 10.1 Å². The summed E-state index contributed by atoms with van der Waals surface area (Å²) in [6.45, 7) is 2.11. The van der Waals surface area contributed by atoms with Crippen molar-refractivity contribution in [3.8, 4) is 0 Å². The van der Waals surface area contributed by atoms with E-state index in [1.54, 1.807) is 18.3 Å². The molecule has 0 aromatic heterocycles. The average molecular weight is 254 g/mol. The third-order valence-electron chi connectivity index (χ3n) is 2.81. The van der Waals surface area contributed by atoms with E-state index >= 15 is 0 Å². The van der Waals surface area contributed by atoms with E-state index in [0.29, 0.717) is 5.69 Å². The van der Waals surface area contributed by atoms with Gasteiger partial charge in [0.25, 0.3) is 5.69 Å². The van der Waals surface area contributed by atoms with Crippen LogP contribution in [-0.4, -0.2) is 11.1 Å². The third-order valence-corrected chi connectivity index (χ3v) is 2.81. The van der Waals surface area contributed by atoms with Crippen LogP contribution in [0.25, 0.3) is 0 Å². The summed E-state index contributed by atoms with van der Waals surface area (Å²) in [6, 6.07) is 14.3. The second-order valence-electron chi connectivity index (χ2n) is 4.13. The summed E-state index contributed by atoms with van der Waals surface area (Å²) >= 11 is 0. The molecule has 0 N–H and O–H groups in total. The zero-order chi connectivity index (χ0) is 13.7. The smallest absolute Gasteiger partial charge is 0.258 e. The number of aryl methyl sites for hydroxylation is 1. The molecule has 2 aromatic rings. The summed E-state index contributed by atoms with van der Waals surface area (Å²) in [6.07, 6.45) is 2.76. The van der Waals surface area contributed by atoms with Crippen LogP contribution in [0.3, 0.4) is 0 Å². The molecule has 0 aliphatic heterocycles. The van der Waals surface area contributed by atoms with Crippen molar-refractivity contribution < 1.29 is 4.92 Å². The summed E-state index contributed by atoms with van der Waals surface area (Å²) < 4.78 is 0. The predicted octanol–water partition coefficient (Wildman–Crippen LogP) is 3.91. The van der Waals surface area contributed by atoms with Gasteiger partial charge in [-0.05, 0) is 29.7 Å². The molecular weight excluding hydrogens is 240 g/mol. The fraction of sp³-hybridized carbons (Fsp3) is 0.133. The quantitative estimate of drug-likeness (QED) is 0.472. The molecular formula is C15H14N2O2. The summed E-state index contributed by atoms with van der Waals surface area (Å²) in [5.41, 5.74) is 3.07. The first-order chi connectivity index (χ1) is 9.19. The maximum Gasteiger partial charge on any atom is 0.269 e. The van der Waals surface area contributed by atoms with Crippen molar-refractivity contribution in [2.75, 3.05) is 0 Å². The molecule has 0 radical (unpaired) electrons. The first kappa shape index (κ1) is 13.0. The summed E-state index contributed by atoms with van der Waals surface area (Å²) in [5.74, 6) is 0. The lowest BCUT2D eigenvalue weighted by Crippen LogP contribution is -1.86. The monoisotopic (exact) mass is 254 g/mol. The fourth-order valence-corrected chi connectivity index (χ4v) is 1.65. The van der Waals surface area contributed by atoms with Crippen molar-refractivity contribution >= 4 is 17.6 Å². The lowest BCUT2D eigenvalue weighted by Gasteiger charge is -1.97. The van der Waals surface area contributed by atoms with Gasteiger partial charge < -0.3 is 0 Å². The van der Waals surface area contributed by atoms with Gasteiger partial charge in [-0.15, -0.1) is 0 Å². The molecule has 0 amide bonds. The van der Waals surface area contributed by atoms with Gasteiger partial charge in [0.05, 0.1) is 10.6 Å². The lowest BCUT2D eigenvalue weighted by molar-refractivity contribution is -0.384. The number of non-ortho nitro benzene ring substituents is 1. The number of rotatable bonds is 4. The zero-order valence-electron chi connectivity index (χ0n) is 10.6. The molecule has 4 nitrogen and oxygen atoms in total. The van der Waals surface area contributed by atoms with Crippen molar-refractivity contribution in [1.29, 1.82) is 0 Å². The standard InChI is InChI=1S/C15H14N2O2/c1-2-12-3-5-13(6-4-12)11-16-14-7-9-15(10-8-14)17(18)19/h3-11H,2H2,1H3. The SMILES string of the molecule is CCc1ccc(C=Nc2ccc([N+](=O)[O-])cc2)cc1. The van der Waals surface area contributed by atoms with Crippen LogP contribution >= 0.6 is 0 Å². The Labute approximate surface area is 111 Å². The van der Waals surface area contributed by atoms with Crippen LogP contribution in [0.15, 0.2) is 53.5 Å². The van der Waals surface area contributed by atoms with Crippen LogP contribution in [0.5, 0.6) is 0 Å². The van der Waals surface area contributed by atoms with Gasteiger partial charge in [0.1, 0.15) is 0 Å². The van der Waals surface area contributed by atoms with Gasteiger partial charge in [-0.2, -0.15) is 0 Å². The third kappa shape index (κ3) is 3.48. The average Bonchev–Trinajstić information content (AvgIpc) is 2.46. The van der Waals surface area contributed by atoms with Crippen molar-refractivity contribution in [3.05, 3.63) is 69.8 Å². The fourth-order valence-electron chi connectivity index (χ4n) is 1.65. The van der Waals surface area contributed by atoms with E-state index in [0.717, 1.165) is 12.0 Å². The Hall–Kier alpha value is -2.49. The molecule has 0 saturated carbocycles. The highest BCUT2D eigenvalue weighted by Crippen LogP contribution is 2.17. The molecule has 0 aliphatic carbocycles. The minimum absolute atomic E-state index is 0.0752. The minimum atomic E-state index is -0.420. The molecule has 0 atom stereocenters. The normalized spacial score (nSPS) is 10.8. The molecule has 0 saturated heterocycles. The maximum atomic E-state index is 10.5. The van der Waals surface area contributed by atoms with Gasteiger partial charge in [0, 0.05) is 18.3 Å². The highest BCUT2D eigenvalue weighted by molar-refractivity contribution is 5.82. The first-order valence-corrected chi connectivity index (χ1v) is 6.06. The van der Waals surface area contributed by atoms with Gasteiger partial charge in [-0.3, -0.25) is 15.1 Å². The molecule has 0 aliphatic rings. The molecule has 0 bridgehead atoms. The summed E-state index contributed by atoms with van der Waals surface area (Å²) in [7, 11) is 0. The van der Waals surface area contributed by atoms with Crippen LogP contribution in [0.4, 0.5) is 11.4 Å². The van der Waals surface area contributed by atoms with E-state index in [-0.39, 0.29) is 5.69 Å². The number of hydrogen-bond donors (Lipinski definition) is 0. The molecule has 19 heavy (non-hydrogen) atoms. The molecule has 0 unspecified atom stereocenters. The van der Waals surface area contributed by atoms with Crippen LogP contribution in [0.2, 0.25) is 0 Å². The molecule has 0 spiro atoms. The maximum absolute atomic E-state index is 10.5. The van der Waals surface area contributed by atoms with Gasteiger partial charge in [-0.1, -0.05) is 31.2 Å². The van der Waals surface area contributed by atoms with E-state index in [1.807, 2.05) is 12.1 Å². The first-order valence-electron chi connectivity index (χ1n) is 6.06. The zero-order valence-corrected chi connectivity index (χ0v) is 10.6. The Bertz CT molecular complexity index is 587. The van der Waals surface area contributed by atoms with Crippen LogP contribution in [0, 0.1) is 10.1 Å². The van der Waals surface area contributed by atoms with Crippen LogP contribution in [-0.2, 0) is 6.42 Å². The number of hydrogen-bond acceptors (Lipinski definition) is 3. The number of benzene rings is 2. The van der Waals surface area contributed by atoms with E-state index < -0.39 is 4.92 Å². The molecule has 0 fully saturated rings. The van der Waals surface area contributed by atoms with Crippen molar-refractivity contribution in [3.63, 3.8) is 0 Å². The Morgan fingerprint density at radius 1 is 1.11 bits per heavy atom. The Morgan fingerprint density at radius 2 is 1.74 bits per heavy atom. The molecule has 2 aromatic carbocycles. The van der Waals surface area contributed by atoms with Crippen molar-refractivity contribution in [1.82, 2.24) is 0 Å². The number of aliphatic imine (C=N–C) groups is 1. The number of nitro groups is 1. The Kier molecular flexibility index (Phi) is 4.03. The van der Waals surface area contributed by atoms with Gasteiger partial charge in [0.2, 0.25) is 0 Å². The predicted molar refractivity (Wildman–Crippen MR) is 76.2 cm³/mol. The highest BCUT2D eigenvalue weighted by atomic mass is 16.6. The van der Waals surface area contributed by atoms with Crippen molar-refractivity contribution in [2.24, 2.45) is 4.99 Å². The Balaban J connectivity index is 2.10. The summed E-state index contributed by atoms with van der Waals surface area (Å²) in [5, 5.41) is 10.5. The number of nitrogens with zero attached hydrogens (tertiary/aromatic N) is 2. The molecule has 2 rings (SSSR count). The van der Waals surface area contributed by atoms with Gasteiger partial charge in [0.15, 0.2) is 0 Å². The van der Waals surface area contributed by atoms with Crippen LogP contribution in [0.1, 0.15) is 18.1 Å². The summed E-state index contributed by atoms with van der Waals surface area (Å²) in [4.78, 5) is 14.4. The van der Waals surface area contributed by atoms with E-state index in [4.69, 9.17) is 0 Å². The molecule has 96 valence electrons. The van der Waals surface area contributed by atoms with Gasteiger partial charge in [-0.25, -0.2) is 0 Å². The van der Waals surface area contributed by atoms with E-state index in [1.165, 1.54) is 17.7 Å². The Morgan fingerprint density at radius 3 is 2.26 bits per heavy atom. The second-order valence-corrected chi connectivity index (χ2v) is 4.13. The molecule has 4 heteroatoms. The molecule has 0 heterocycles. The largest absolute Gasteiger partial charge is 0.269 e. The minimum Gasteiger partial charge on any atom is -0.258 e.